The van der Waals surface area contributed by atoms with Gasteiger partial charge in [0.2, 0.25) is 5.91 Å². The van der Waals surface area contributed by atoms with E-state index in [2.05, 4.69) is 15.5 Å². The van der Waals surface area contributed by atoms with Crippen LogP contribution in [0.1, 0.15) is 5.56 Å². The van der Waals surface area contributed by atoms with E-state index in [1.54, 1.807) is 30.7 Å². The van der Waals surface area contributed by atoms with Crippen LogP contribution in [0.3, 0.4) is 0 Å². The van der Waals surface area contributed by atoms with Gasteiger partial charge < -0.3 is 9.88 Å². The Hall–Kier alpha value is -3.27. The molecule has 2 aromatic carbocycles. The summed E-state index contributed by atoms with van der Waals surface area (Å²) < 4.78 is 14.8. The van der Waals surface area contributed by atoms with Gasteiger partial charge in [-0.3, -0.25) is 14.9 Å². The van der Waals surface area contributed by atoms with E-state index in [1.165, 1.54) is 42.1 Å². The van der Waals surface area contributed by atoms with E-state index < -0.39 is 4.92 Å². The van der Waals surface area contributed by atoms with Gasteiger partial charge in [-0.2, -0.15) is 0 Å². The molecule has 0 atom stereocenters. The van der Waals surface area contributed by atoms with Gasteiger partial charge in [0.25, 0.3) is 5.69 Å². The Morgan fingerprint density at radius 2 is 1.96 bits per heavy atom. The van der Waals surface area contributed by atoms with Gasteiger partial charge in [-0.15, -0.1) is 10.2 Å². The fraction of sp³-hybridized carbons (Fsp3) is 0.167. The Kier molecular flexibility index (Phi) is 5.69. The van der Waals surface area contributed by atoms with Crippen LogP contribution in [0.25, 0.3) is 11.4 Å². The number of nitro benzene ring substituents is 1. The Balaban J connectivity index is 1.64. The fourth-order valence-electron chi connectivity index (χ4n) is 2.51. The molecule has 0 saturated heterocycles. The molecule has 1 N–H and O–H groups in total. The highest BCUT2D eigenvalue weighted by molar-refractivity contribution is 7.99. The molecule has 10 heteroatoms. The Morgan fingerprint density at radius 1 is 1.25 bits per heavy atom. The lowest BCUT2D eigenvalue weighted by Crippen LogP contribution is -2.15. The zero-order chi connectivity index (χ0) is 20.3. The second-order valence-electron chi connectivity index (χ2n) is 5.97. The maximum absolute atomic E-state index is 13.1. The summed E-state index contributed by atoms with van der Waals surface area (Å²) in [5, 5.41) is 22.2. The highest BCUT2D eigenvalue weighted by Gasteiger charge is 2.14. The highest BCUT2D eigenvalue weighted by atomic mass is 32.2. The van der Waals surface area contributed by atoms with Gasteiger partial charge >= 0.3 is 0 Å². The van der Waals surface area contributed by atoms with Crippen molar-refractivity contribution in [3.63, 3.8) is 0 Å². The number of nitrogens with one attached hydrogen (secondary N) is 1. The van der Waals surface area contributed by atoms with E-state index in [9.17, 15) is 19.3 Å². The number of benzene rings is 2. The van der Waals surface area contributed by atoms with E-state index >= 15 is 0 Å². The van der Waals surface area contributed by atoms with E-state index in [4.69, 9.17) is 0 Å². The van der Waals surface area contributed by atoms with Crippen molar-refractivity contribution >= 4 is 29.0 Å². The van der Waals surface area contributed by atoms with Crippen molar-refractivity contribution in [2.45, 2.75) is 12.1 Å². The lowest BCUT2D eigenvalue weighted by atomic mass is 10.2. The third kappa shape index (κ3) is 4.34. The predicted molar refractivity (Wildman–Crippen MR) is 104 cm³/mol. The molecule has 1 aromatic heterocycles. The van der Waals surface area contributed by atoms with Crippen LogP contribution in [0.4, 0.5) is 15.8 Å². The number of carbonyl (C=O) groups excluding carboxylic acids is 1. The maximum atomic E-state index is 13.1. The number of hydrogen-bond donors (Lipinski definition) is 1. The summed E-state index contributed by atoms with van der Waals surface area (Å²) in [6, 6.07) is 10.2. The van der Waals surface area contributed by atoms with Gasteiger partial charge in [0.1, 0.15) is 5.82 Å². The standard InChI is InChI=1S/C18H16FN5O3S/c1-11-9-14(24(26)27)7-8-15(11)20-16(25)10-28-18-22-21-17(23(18)2)12-3-5-13(19)6-4-12/h3-9H,10H2,1-2H3,(H,20,25). The van der Waals surface area contributed by atoms with Crippen molar-refractivity contribution in [1.29, 1.82) is 0 Å². The molecule has 1 heterocycles. The maximum Gasteiger partial charge on any atom is 0.269 e. The number of non-ortho nitro benzene ring substituents is 1. The normalized spacial score (nSPS) is 10.7. The summed E-state index contributed by atoms with van der Waals surface area (Å²) in [5.41, 5.74) is 1.80. The molecule has 1 amide bonds. The molecular formula is C18H16FN5O3S. The third-order valence-electron chi connectivity index (χ3n) is 3.96. The van der Waals surface area contributed by atoms with Crippen LogP contribution in [0.15, 0.2) is 47.6 Å². The minimum atomic E-state index is -0.485. The summed E-state index contributed by atoms with van der Waals surface area (Å²) in [4.78, 5) is 22.5. The molecule has 0 aliphatic heterocycles. The van der Waals surface area contributed by atoms with E-state index in [0.29, 0.717) is 27.8 Å². The van der Waals surface area contributed by atoms with Gasteiger partial charge in [0.15, 0.2) is 11.0 Å². The van der Waals surface area contributed by atoms with Crippen molar-refractivity contribution in [3.05, 3.63) is 64.0 Å². The van der Waals surface area contributed by atoms with Crippen LogP contribution < -0.4 is 5.32 Å². The Labute approximate surface area is 163 Å². The van der Waals surface area contributed by atoms with Crippen LogP contribution in [0.5, 0.6) is 0 Å². The van der Waals surface area contributed by atoms with Gasteiger partial charge in [-0.05, 0) is 42.8 Å². The number of aryl methyl sites for hydroxylation is 1. The lowest BCUT2D eigenvalue weighted by Gasteiger charge is -2.08. The number of halogens is 1. The van der Waals surface area contributed by atoms with Crippen LogP contribution in [0.2, 0.25) is 0 Å². The summed E-state index contributed by atoms with van der Waals surface area (Å²) in [5.74, 6) is 0.0485. The number of rotatable bonds is 6. The molecule has 0 fully saturated rings. The molecule has 3 aromatic rings. The number of aromatic nitrogens is 3. The molecule has 0 radical (unpaired) electrons. The van der Waals surface area contributed by atoms with Crippen LogP contribution in [-0.2, 0) is 11.8 Å². The second-order valence-corrected chi connectivity index (χ2v) is 6.91. The van der Waals surface area contributed by atoms with Gasteiger partial charge in [0.05, 0.1) is 10.7 Å². The van der Waals surface area contributed by atoms with Gasteiger partial charge in [-0.1, -0.05) is 11.8 Å². The average Bonchev–Trinajstić information content (AvgIpc) is 3.03. The first kappa shape index (κ1) is 19.5. The Morgan fingerprint density at radius 3 is 2.61 bits per heavy atom. The monoisotopic (exact) mass is 401 g/mol. The minimum Gasteiger partial charge on any atom is -0.325 e. The molecule has 144 valence electrons. The third-order valence-corrected chi connectivity index (χ3v) is 4.98. The molecule has 0 spiro atoms. The quantitative estimate of drug-likeness (QED) is 0.385. The molecule has 28 heavy (non-hydrogen) atoms. The SMILES string of the molecule is Cc1cc([N+](=O)[O-])ccc1NC(=O)CSc1nnc(-c2ccc(F)cc2)n1C. The molecule has 0 aliphatic carbocycles. The van der Waals surface area contributed by atoms with E-state index in [0.717, 1.165) is 0 Å². The molecule has 0 unspecified atom stereocenters. The van der Waals surface area contributed by atoms with Crippen molar-refractivity contribution in [2.75, 3.05) is 11.1 Å². The van der Waals surface area contributed by atoms with Crippen LogP contribution in [-0.4, -0.2) is 31.3 Å². The van der Waals surface area contributed by atoms with Crippen molar-refractivity contribution in [1.82, 2.24) is 14.8 Å². The topological polar surface area (TPSA) is 103 Å². The first-order valence-electron chi connectivity index (χ1n) is 8.18. The smallest absolute Gasteiger partial charge is 0.269 e. The largest absolute Gasteiger partial charge is 0.325 e. The van der Waals surface area contributed by atoms with Gasteiger partial charge in [-0.25, -0.2) is 4.39 Å². The number of amides is 1. The summed E-state index contributed by atoms with van der Waals surface area (Å²) >= 11 is 1.20. The number of thioether (sulfide) groups is 1. The second kappa shape index (κ2) is 8.17. The number of nitro groups is 1. The molecule has 3 rings (SSSR count). The van der Waals surface area contributed by atoms with E-state index in [-0.39, 0.29) is 23.2 Å². The van der Waals surface area contributed by atoms with Crippen LogP contribution >= 0.6 is 11.8 Å². The van der Waals surface area contributed by atoms with E-state index in [1.807, 2.05) is 0 Å². The zero-order valence-corrected chi connectivity index (χ0v) is 15.9. The Bertz CT molecular complexity index is 1040. The zero-order valence-electron chi connectivity index (χ0n) is 15.0. The number of carbonyl (C=O) groups is 1. The summed E-state index contributed by atoms with van der Waals surface area (Å²) in [7, 11) is 1.76. The number of nitrogens with zero attached hydrogens (tertiary/aromatic N) is 4. The molecule has 8 nitrogen and oxygen atoms in total. The van der Waals surface area contributed by atoms with Crippen molar-refractivity contribution < 1.29 is 14.1 Å². The van der Waals surface area contributed by atoms with Crippen molar-refractivity contribution in [3.8, 4) is 11.4 Å². The average molecular weight is 401 g/mol. The molecule has 0 bridgehead atoms. The molecule has 0 saturated carbocycles. The minimum absolute atomic E-state index is 0.0303. The number of anilines is 1. The first-order valence-corrected chi connectivity index (χ1v) is 9.16. The summed E-state index contributed by atoms with van der Waals surface area (Å²) in [6.07, 6.45) is 0. The molecular weight excluding hydrogens is 385 g/mol. The predicted octanol–water partition coefficient (Wildman–Crippen LogP) is 3.57. The molecule has 0 aliphatic rings. The van der Waals surface area contributed by atoms with Crippen LogP contribution in [0, 0.1) is 22.9 Å². The summed E-state index contributed by atoms with van der Waals surface area (Å²) in [6.45, 7) is 1.69. The van der Waals surface area contributed by atoms with Gasteiger partial charge in [0, 0.05) is 30.4 Å². The first-order chi connectivity index (χ1) is 13.3. The lowest BCUT2D eigenvalue weighted by molar-refractivity contribution is -0.384. The fourth-order valence-corrected chi connectivity index (χ4v) is 3.22. The van der Waals surface area contributed by atoms with Crippen molar-refractivity contribution in [2.24, 2.45) is 7.05 Å². The number of hydrogen-bond acceptors (Lipinski definition) is 6. The highest BCUT2D eigenvalue weighted by Crippen LogP contribution is 2.24.